The number of nitrogens with zero attached hydrogens (tertiary/aromatic N) is 2. The lowest BCUT2D eigenvalue weighted by atomic mass is 9.84. The molecule has 1 aliphatic carbocycles. The van der Waals surface area contributed by atoms with Crippen molar-refractivity contribution in [3.8, 4) is 0 Å². The molecule has 0 amide bonds. The molecule has 1 unspecified atom stereocenters. The Morgan fingerprint density at radius 2 is 2.11 bits per heavy atom. The van der Waals surface area contributed by atoms with Crippen LogP contribution in [0.2, 0.25) is 0 Å². The maximum atomic E-state index is 4.30. The van der Waals surface area contributed by atoms with Gasteiger partial charge in [0.15, 0.2) is 0 Å². The van der Waals surface area contributed by atoms with Crippen molar-refractivity contribution in [3.63, 3.8) is 0 Å². The zero-order valence-corrected chi connectivity index (χ0v) is 12.4. The topological polar surface area (TPSA) is 37.8 Å². The predicted molar refractivity (Wildman–Crippen MR) is 76.9 cm³/mol. The highest BCUT2D eigenvalue weighted by Crippen LogP contribution is 2.33. The van der Waals surface area contributed by atoms with E-state index in [4.69, 9.17) is 0 Å². The van der Waals surface area contributed by atoms with E-state index in [0.717, 1.165) is 18.8 Å². The maximum absolute atomic E-state index is 4.30. The Hall–Kier alpha value is -0.480. The second-order valence-corrected chi connectivity index (χ2v) is 6.20. The summed E-state index contributed by atoms with van der Waals surface area (Å²) in [6.07, 6.45) is 10.6. The van der Waals surface area contributed by atoms with Crippen molar-refractivity contribution in [2.75, 3.05) is 7.05 Å². The third-order valence-electron chi connectivity index (χ3n) is 4.03. The number of hydrogen-bond acceptors (Lipinski definition) is 4. The highest BCUT2D eigenvalue weighted by atomic mass is 32.1. The van der Waals surface area contributed by atoms with E-state index in [-0.39, 0.29) is 0 Å². The fraction of sp³-hybridized carbons (Fsp3) is 0.857. The average molecular weight is 267 g/mol. The number of aromatic nitrogens is 2. The van der Waals surface area contributed by atoms with E-state index >= 15 is 0 Å². The Balaban J connectivity index is 2.00. The van der Waals surface area contributed by atoms with Gasteiger partial charge in [0.05, 0.1) is 10.6 Å². The zero-order valence-electron chi connectivity index (χ0n) is 11.6. The van der Waals surface area contributed by atoms with E-state index in [0.29, 0.717) is 6.04 Å². The largest absolute Gasteiger partial charge is 0.312 e. The molecule has 0 bridgehead atoms. The van der Waals surface area contributed by atoms with Crippen molar-refractivity contribution in [1.29, 1.82) is 0 Å². The monoisotopic (exact) mass is 267 g/mol. The molecule has 18 heavy (non-hydrogen) atoms. The lowest BCUT2D eigenvalue weighted by Gasteiger charge is -2.26. The Morgan fingerprint density at radius 1 is 1.33 bits per heavy atom. The first-order chi connectivity index (χ1) is 8.85. The quantitative estimate of drug-likeness (QED) is 0.853. The van der Waals surface area contributed by atoms with E-state index in [2.05, 4.69) is 28.9 Å². The van der Waals surface area contributed by atoms with Gasteiger partial charge in [0, 0.05) is 6.04 Å². The SMILES string of the molecule is CCCc1nnsc1C(CC1CCCCC1)NC. The summed E-state index contributed by atoms with van der Waals surface area (Å²) in [6.45, 7) is 2.21. The first kappa shape index (κ1) is 13.9. The molecule has 4 heteroatoms. The Kier molecular flexibility index (Phi) is 5.57. The molecule has 0 radical (unpaired) electrons. The summed E-state index contributed by atoms with van der Waals surface area (Å²) in [7, 11) is 2.07. The second kappa shape index (κ2) is 7.19. The van der Waals surface area contributed by atoms with E-state index in [9.17, 15) is 0 Å². The molecule has 0 spiro atoms. The molecule has 1 aromatic heterocycles. The fourth-order valence-electron chi connectivity index (χ4n) is 3.00. The van der Waals surface area contributed by atoms with Crippen molar-refractivity contribution >= 4 is 11.5 Å². The molecule has 1 saturated carbocycles. The minimum absolute atomic E-state index is 0.467. The summed E-state index contributed by atoms with van der Waals surface area (Å²) >= 11 is 1.59. The van der Waals surface area contributed by atoms with Crippen molar-refractivity contribution in [3.05, 3.63) is 10.6 Å². The van der Waals surface area contributed by atoms with Crippen LogP contribution in [0, 0.1) is 5.92 Å². The number of nitrogens with one attached hydrogen (secondary N) is 1. The third-order valence-corrected chi connectivity index (χ3v) is 4.91. The Labute approximate surface area is 115 Å². The first-order valence-corrected chi connectivity index (χ1v) is 8.10. The Bertz CT molecular complexity index is 345. The summed E-state index contributed by atoms with van der Waals surface area (Å²) in [6, 6.07) is 0.467. The van der Waals surface area contributed by atoms with E-state index < -0.39 is 0 Å². The normalized spacial score (nSPS) is 19.0. The average Bonchev–Trinajstić information content (AvgIpc) is 2.86. The standard InChI is InChI=1S/C14H25N3S/c1-3-7-12-14(18-17-16-12)13(15-2)10-11-8-5-4-6-9-11/h11,13,15H,3-10H2,1-2H3. The predicted octanol–water partition coefficient (Wildman–Crippen LogP) is 3.72. The summed E-state index contributed by atoms with van der Waals surface area (Å²) in [4.78, 5) is 1.38. The molecule has 0 saturated heterocycles. The van der Waals surface area contributed by atoms with Crippen LogP contribution >= 0.6 is 11.5 Å². The van der Waals surface area contributed by atoms with Crippen LogP contribution < -0.4 is 5.32 Å². The van der Waals surface area contributed by atoms with Crippen LogP contribution in [0.4, 0.5) is 0 Å². The molecule has 1 heterocycles. The van der Waals surface area contributed by atoms with Crippen LogP contribution in [0.1, 0.15) is 68.5 Å². The van der Waals surface area contributed by atoms with Crippen LogP contribution in [0.25, 0.3) is 0 Å². The van der Waals surface area contributed by atoms with Crippen LogP contribution in [0.3, 0.4) is 0 Å². The molecule has 0 aliphatic heterocycles. The molecule has 1 atom stereocenters. The van der Waals surface area contributed by atoms with Crippen LogP contribution in [-0.2, 0) is 6.42 Å². The molecular formula is C14H25N3S. The summed E-state index contributed by atoms with van der Waals surface area (Å²) in [5, 5.41) is 7.78. The second-order valence-electron chi connectivity index (χ2n) is 5.41. The first-order valence-electron chi connectivity index (χ1n) is 7.33. The fourth-order valence-corrected chi connectivity index (χ4v) is 3.82. The van der Waals surface area contributed by atoms with Gasteiger partial charge in [0.2, 0.25) is 0 Å². The van der Waals surface area contributed by atoms with Gasteiger partial charge < -0.3 is 5.32 Å². The van der Waals surface area contributed by atoms with Crippen LogP contribution in [-0.4, -0.2) is 16.6 Å². The van der Waals surface area contributed by atoms with Gasteiger partial charge in [0.1, 0.15) is 0 Å². The number of hydrogen-bond donors (Lipinski definition) is 1. The van der Waals surface area contributed by atoms with Gasteiger partial charge in [-0.15, -0.1) is 5.10 Å². The van der Waals surface area contributed by atoms with E-state index in [1.54, 1.807) is 11.5 Å². The summed E-state index contributed by atoms with van der Waals surface area (Å²) in [5.74, 6) is 0.896. The van der Waals surface area contributed by atoms with Gasteiger partial charge in [-0.3, -0.25) is 0 Å². The van der Waals surface area contributed by atoms with Gasteiger partial charge in [-0.2, -0.15) is 0 Å². The molecule has 102 valence electrons. The highest BCUT2D eigenvalue weighted by molar-refractivity contribution is 7.05. The minimum atomic E-state index is 0.467. The lowest BCUT2D eigenvalue weighted by Crippen LogP contribution is -2.21. The molecule has 2 rings (SSSR count). The van der Waals surface area contributed by atoms with Gasteiger partial charge in [-0.05, 0) is 37.3 Å². The molecule has 1 aromatic rings. The van der Waals surface area contributed by atoms with E-state index in [1.807, 2.05) is 0 Å². The Morgan fingerprint density at radius 3 is 2.78 bits per heavy atom. The molecule has 0 aromatic carbocycles. The number of rotatable bonds is 6. The molecule has 1 aliphatic rings. The highest BCUT2D eigenvalue weighted by Gasteiger charge is 2.22. The van der Waals surface area contributed by atoms with Crippen molar-refractivity contribution < 1.29 is 0 Å². The van der Waals surface area contributed by atoms with Gasteiger partial charge in [-0.25, -0.2) is 0 Å². The smallest absolute Gasteiger partial charge is 0.0803 e. The summed E-state index contributed by atoms with van der Waals surface area (Å²) < 4.78 is 4.15. The maximum Gasteiger partial charge on any atom is 0.0803 e. The number of aryl methyl sites for hydroxylation is 1. The zero-order chi connectivity index (χ0) is 12.8. The summed E-state index contributed by atoms with van der Waals surface area (Å²) in [5.41, 5.74) is 1.22. The van der Waals surface area contributed by atoms with E-state index in [1.165, 1.54) is 49.1 Å². The van der Waals surface area contributed by atoms with Gasteiger partial charge in [-0.1, -0.05) is 49.9 Å². The van der Waals surface area contributed by atoms with Gasteiger partial charge >= 0.3 is 0 Å². The van der Waals surface area contributed by atoms with Crippen LogP contribution in [0.15, 0.2) is 0 Å². The third kappa shape index (κ3) is 3.51. The van der Waals surface area contributed by atoms with Crippen molar-refractivity contribution in [2.24, 2.45) is 5.92 Å². The van der Waals surface area contributed by atoms with Crippen molar-refractivity contribution in [2.45, 2.75) is 64.3 Å². The molecule has 1 N–H and O–H groups in total. The van der Waals surface area contributed by atoms with Gasteiger partial charge in [0.25, 0.3) is 0 Å². The minimum Gasteiger partial charge on any atom is -0.312 e. The molecular weight excluding hydrogens is 242 g/mol. The van der Waals surface area contributed by atoms with Crippen molar-refractivity contribution in [1.82, 2.24) is 14.9 Å². The molecule has 3 nitrogen and oxygen atoms in total. The van der Waals surface area contributed by atoms with Crippen LogP contribution in [0.5, 0.6) is 0 Å². The molecule has 1 fully saturated rings. The lowest BCUT2D eigenvalue weighted by molar-refractivity contribution is 0.306.